The van der Waals surface area contributed by atoms with Crippen molar-refractivity contribution in [3.63, 3.8) is 0 Å². The predicted octanol–water partition coefficient (Wildman–Crippen LogP) is 5.66. The van der Waals surface area contributed by atoms with Crippen LogP contribution in [0.25, 0.3) is 33.2 Å². The highest BCUT2D eigenvalue weighted by Gasteiger charge is 2.46. The van der Waals surface area contributed by atoms with Crippen molar-refractivity contribution in [1.29, 1.82) is 0 Å². The Morgan fingerprint density at radius 1 is 0.914 bits per heavy atom. The van der Waals surface area contributed by atoms with E-state index >= 15 is 0 Å². The fourth-order valence-electron chi connectivity index (χ4n) is 3.83. The molecule has 1 heterocycles. The van der Waals surface area contributed by atoms with Crippen molar-refractivity contribution in [2.24, 2.45) is 0 Å². The Kier molecular flexibility index (Phi) is 6.10. The number of esters is 1. The van der Waals surface area contributed by atoms with Gasteiger partial charge in [0, 0.05) is 16.3 Å². The third-order valence-electron chi connectivity index (χ3n) is 5.70. The molecule has 0 atom stereocenters. The number of nitrogens with zero attached hydrogens (tertiary/aromatic N) is 2. The van der Waals surface area contributed by atoms with Gasteiger partial charge in [0.25, 0.3) is 9.84 Å². The largest absolute Gasteiger partial charge is 0.501 e. The maximum absolute atomic E-state index is 12.9. The van der Waals surface area contributed by atoms with E-state index in [2.05, 4.69) is 10.2 Å². The van der Waals surface area contributed by atoms with E-state index in [0.29, 0.717) is 33.2 Å². The third kappa shape index (κ3) is 4.37. The average molecular weight is 500 g/mol. The van der Waals surface area contributed by atoms with Gasteiger partial charge in [-0.3, -0.25) is 0 Å². The molecule has 4 rings (SSSR count). The van der Waals surface area contributed by atoms with Gasteiger partial charge in [-0.1, -0.05) is 24.3 Å². The molecule has 0 fully saturated rings. The van der Waals surface area contributed by atoms with E-state index in [1.807, 2.05) is 25.1 Å². The van der Waals surface area contributed by atoms with Crippen LogP contribution in [0.15, 0.2) is 65.7 Å². The van der Waals surface area contributed by atoms with Gasteiger partial charge in [0.2, 0.25) is 0 Å². The summed E-state index contributed by atoms with van der Waals surface area (Å²) in [6, 6.07) is 14.0. The summed E-state index contributed by atoms with van der Waals surface area (Å²) in [5, 5.41) is 9.59. The van der Waals surface area contributed by atoms with Crippen LogP contribution in [0.3, 0.4) is 0 Å². The first-order valence-corrected chi connectivity index (χ1v) is 11.8. The lowest BCUT2D eigenvalue weighted by Crippen LogP contribution is -2.23. The fourth-order valence-corrected chi connectivity index (χ4v) is 4.68. The van der Waals surface area contributed by atoms with Gasteiger partial charge in [0.15, 0.2) is 0 Å². The molecule has 3 aromatic carbocycles. The number of sulfone groups is 1. The summed E-state index contributed by atoms with van der Waals surface area (Å²) in [6.07, 6.45) is 1.56. The Morgan fingerprint density at radius 2 is 1.66 bits per heavy atom. The van der Waals surface area contributed by atoms with Crippen molar-refractivity contribution in [3.05, 3.63) is 77.5 Å². The van der Waals surface area contributed by atoms with Crippen LogP contribution < -0.4 is 0 Å². The Balaban J connectivity index is 1.81. The first-order chi connectivity index (χ1) is 16.4. The van der Waals surface area contributed by atoms with Gasteiger partial charge in [-0.05, 0) is 66.4 Å². The van der Waals surface area contributed by atoms with Crippen LogP contribution in [0, 0.1) is 13.8 Å². The van der Waals surface area contributed by atoms with Gasteiger partial charge < -0.3 is 4.74 Å². The van der Waals surface area contributed by atoms with Crippen molar-refractivity contribution in [2.45, 2.75) is 24.3 Å². The van der Waals surface area contributed by atoms with Gasteiger partial charge in [0.1, 0.15) is 5.69 Å². The van der Waals surface area contributed by atoms with Crippen molar-refractivity contribution >= 4 is 26.6 Å². The zero-order chi connectivity index (χ0) is 25.5. The normalized spacial score (nSPS) is 12.1. The smallest absolute Gasteiger partial charge is 0.465 e. The Hall–Kier alpha value is -3.79. The van der Waals surface area contributed by atoms with Crippen LogP contribution in [-0.4, -0.2) is 37.2 Å². The molecule has 35 heavy (non-hydrogen) atoms. The molecule has 0 aliphatic rings. The summed E-state index contributed by atoms with van der Waals surface area (Å²) in [4.78, 5) is 11.1. The number of aromatic nitrogens is 2. The number of hydrogen-bond acceptors (Lipinski definition) is 6. The van der Waals surface area contributed by atoms with E-state index in [-0.39, 0.29) is 0 Å². The lowest BCUT2D eigenvalue weighted by molar-refractivity contribution is -0.0436. The summed E-state index contributed by atoms with van der Waals surface area (Å²) in [5.41, 5.74) is -1.22. The summed E-state index contributed by atoms with van der Waals surface area (Å²) < 4.78 is 67.2. The first-order valence-electron chi connectivity index (χ1n) is 10.3. The molecule has 0 bridgehead atoms. The number of ether oxygens (including phenoxy) is 1. The number of fused-ring (bicyclic) bond motifs is 1. The van der Waals surface area contributed by atoms with Crippen LogP contribution in [0.5, 0.6) is 0 Å². The molecule has 4 aromatic rings. The fraction of sp³-hybridized carbons (Fsp3) is 0.160. The van der Waals surface area contributed by atoms with Crippen LogP contribution in [0.4, 0.5) is 13.2 Å². The number of methoxy groups -OCH3 is 1. The summed E-state index contributed by atoms with van der Waals surface area (Å²) >= 11 is 0. The Bertz CT molecular complexity index is 1580. The maximum atomic E-state index is 12.9. The Morgan fingerprint density at radius 3 is 2.31 bits per heavy atom. The molecule has 10 heteroatoms. The molecule has 0 unspecified atom stereocenters. The van der Waals surface area contributed by atoms with Gasteiger partial charge in [-0.2, -0.15) is 18.3 Å². The molecule has 0 aliphatic carbocycles. The minimum atomic E-state index is -5.46. The molecule has 1 aromatic heterocycles. The molecule has 0 amide bonds. The molecular weight excluding hydrogens is 481 g/mol. The predicted molar refractivity (Wildman–Crippen MR) is 124 cm³/mol. The van der Waals surface area contributed by atoms with Gasteiger partial charge in [0.05, 0.1) is 23.8 Å². The van der Waals surface area contributed by atoms with Crippen LogP contribution in [-0.2, 0) is 14.6 Å². The molecule has 0 radical (unpaired) electrons. The minimum absolute atomic E-state index is 0.308. The number of hydrogen-bond donors (Lipinski definition) is 0. The zero-order valence-corrected chi connectivity index (χ0v) is 19.7. The summed E-state index contributed by atoms with van der Waals surface area (Å²) in [6.45, 7) is 3.43. The van der Waals surface area contributed by atoms with E-state index in [9.17, 15) is 26.4 Å². The van der Waals surface area contributed by atoms with Crippen LogP contribution in [0.2, 0.25) is 0 Å². The number of benzene rings is 3. The molecule has 0 aliphatic heterocycles. The summed E-state index contributed by atoms with van der Waals surface area (Å²) in [7, 11) is -4.15. The maximum Gasteiger partial charge on any atom is 0.501 e. The highest BCUT2D eigenvalue weighted by atomic mass is 32.2. The van der Waals surface area contributed by atoms with E-state index in [0.717, 1.165) is 28.8 Å². The lowest BCUT2D eigenvalue weighted by atomic mass is 9.95. The highest BCUT2D eigenvalue weighted by Crippen LogP contribution is 2.35. The number of aryl methyl sites for hydroxylation is 2. The highest BCUT2D eigenvalue weighted by molar-refractivity contribution is 7.92. The average Bonchev–Trinajstić information content (AvgIpc) is 2.82. The number of carbonyl (C=O) groups excluding carboxylic acids is 1. The van der Waals surface area contributed by atoms with Crippen molar-refractivity contribution in [2.75, 3.05) is 7.11 Å². The van der Waals surface area contributed by atoms with Crippen molar-refractivity contribution in [1.82, 2.24) is 10.2 Å². The van der Waals surface area contributed by atoms with E-state index in [4.69, 9.17) is 4.74 Å². The number of alkyl halides is 3. The molecule has 0 saturated carbocycles. The molecular formula is C25H19F3N2O4S. The second-order valence-electron chi connectivity index (χ2n) is 7.94. The van der Waals surface area contributed by atoms with E-state index in [1.165, 1.54) is 20.1 Å². The van der Waals surface area contributed by atoms with Gasteiger partial charge >= 0.3 is 11.5 Å². The SMILES string of the molecule is COC(=O)c1ccc(C)c(-c2ccc3c(-c4ccc(S(=O)(=O)C(F)(F)F)cc4C)nncc3c2)c1. The lowest BCUT2D eigenvalue weighted by Gasteiger charge is -2.13. The number of rotatable bonds is 4. The quantitative estimate of drug-likeness (QED) is 0.336. The van der Waals surface area contributed by atoms with E-state index in [1.54, 1.807) is 24.4 Å². The third-order valence-corrected chi connectivity index (χ3v) is 7.18. The van der Waals surface area contributed by atoms with Gasteiger partial charge in [-0.25, -0.2) is 13.2 Å². The minimum Gasteiger partial charge on any atom is -0.465 e. The topological polar surface area (TPSA) is 86.2 Å². The molecule has 0 saturated heterocycles. The second kappa shape index (κ2) is 8.77. The van der Waals surface area contributed by atoms with Crippen LogP contribution >= 0.6 is 0 Å². The van der Waals surface area contributed by atoms with Crippen molar-refractivity contribution < 1.29 is 31.1 Å². The van der Waals surface area contributed by atoms with Crippen LogP contribution in [0.1, 0.15) is 21.5 Å². The molecule has 6 nitrogen and oxygen atoms in total. The second-order valence-corrected chi connectivity index (χ2v) is 9.88. The molecule has 0 spiro atoms. The molecule has 180 valence electrons. The molecule has 0 N–H and O–H groups in total. The van der Waals surface area contributed by atoms with Gasteiger partial charge in [-0.15, -0.1) is 5.10 Å². The Labute approximate surface area is 199 Å². The standard InChI is InChI=1S/C25H19F3N2O4S/c1-14-4-5-17(24(31)34-3)12-22(14)16-6-8-21-18(11-16)13-29-30-23(21)20-9-7-19(10-15(20)2)35(32,33)25(26,27)28/h4-13H,1-3H3. The zero-order valence-electron chi connectivity index (χ0n) is 18.8. The number of carbonyl (C=O) groups is 1. The number of halogens is 3. The monoisotopic (exact) mass is 500 g/mol. The summed E-state index contributed by atoms with van der Waals surface area (Å²) in [5.74, 6) is -0.452. The van der Waals surface area contributed by atoms with E-state index < -0.39 is 26.2 Å². The first kappa shape index (κ1) is 24.3. The van der Waals surface area contributed by atoms with Crippen molar-refractivity contribution in [3.8, 4) is 22.4 Å².